The Kier molecular flexibility index (Phi) is 4.87. The molecule has 1 atom stereocenters. The monoisotopic (exact) mass is 433 g/mol. The van der Waals surface area contributed by atoms with E-state index in [-0.39, 0.29) is 18.2 Å². The average Bonchev–Trinajstić information content (AvgIpc) is 3.55. The molecule has 156 valence electrons. The molecule has 4 aromatic rings. The molecule has 0 aliphatic carbocycles. The van der Waals surface area contributed by atoms with Gasteiger partial charge in [-0.1, -0.05) is 18.2 Å². The van der Waals surface area contributed by atoms with Gasteiger partial charge in [-0.2, -0.15) is 9.78 Å². The summed E-state index contributed by atoms with van der Waals surface area (Å²) in [4.78, 5) is 31.7. The number of benzene rings is 1. The lowest BCUT2D eigenvalue weighted by Gasteiger charge is -2.16. The molecular formula is C22H19N5O3S. The molecule has 8 nitrogen and oxygen atoms in total. The van der Waals surface area contributed by atoms with Crippen molar-refractivity contribution >= 4 is 34.7 Å². The highest BCUT2D eigenvalue weighted by atomic mass is 32.1. The molecule has 3 aromatic heterocycles. The van der Waals surface area contributed by atoms with Crippen molar-refractivity contribution in [3.05, 3.63) is 65.9 Å². The zero-order valence-corrected chi connectivity index (χ0v) is 17.5. The number of aryl methyl sites for hydroxylation is 1. The van der Waals surface area contributed by atoms with E-state index in [9.17, 15) is 9.59 Å². The maximum absolute atomic E-state index is 13.0. The molecule has 1 N–H and O–H groups in total. The number of hydrogen-bond acceptors (Lipinski definition) is 6. The smallest absolute Gasteiger partial charge is 0.230 e. The van der Waals surface area contributed by atoms with Crippen LogP contribution in [0.2, 0.25) is 0 Å². The SMILES string of the molecule is Cc1cc(NC(=O)C2CC(=O)N(c3ccccc3)C2)n(-c2nc(-c3ccco3)cs2)n1. The van der Waals surface area contributed by atoms with Gasteiger partial charge in [0.15, 0.2) is 5.76 Å². The van der Waals surface area contributed by atoms with E-state index in [2.05, 4.69) is 15.4 Å². The first-order valence-electron chi connectivity index (χ1n) is 9.81. The van der Waals surface area contributed by atoms with Gasteiger partial charge in [0, 0.05) is 30.1 Å². The number of carbonyl (C=O) groups is 2. The van der Waals surface area contributed by atoms with Crippen LogP contribution in [-0.4, -0.2) is 33.1 Å². The first-order valence-corrected chi connectivity index (χ1v) is 10.7. The predicted molar refractivity (Wildman–Crippen MR) is 117 cm³/mol. The van der Waals surface area contributed by atoms with Gasteiger partial charge in [-0.25, -0.2) is 4.98 Å². The van der Waals surface area contributed by atoms with E-state index in [4.69, 9.17) is 4.42 Å². The fraction of sp³-hybridized carbons (Fsp3) is 0.182. The molecule has 1 aliphatic rings. The quantitative estimate of drug-likeness (QED) is 0.515. The summed E-state index contributed by atoms with van der Waals surface area (Å²) in [7, 11) is 0. The Labute approximate surface area is 182 Å². The van der Waals surface area contributed by atoms with E-state index in [1.165, 1.54) is 11.3 Å². The molecule has 2 amide bonds. The Morgan fingerprint density at radius 1 is 1.23 bits per heavy atom. The van der Waals surface area contributed by atoms with E-state index >= 15 is 0 Å². The summed E-state index contributed by atoms with van der Waals surface area (Å²) in [6, 6.07) is 14.8. The summed E-state index contributed by atoms with van der Waals surface area (Å²) >= 11 is 1.40. The second-order valence-electron chi connectivity index (χ2n) is 7.31. The number of carbonyl (C=O) groups excluding carboxylic acids is 2. The number of hydrogen-bond donors (Lipinski definition) is 1. The van der Waals surface area contributed by atoms with E-state index in [1.54, 1.807) is 28.0 Å². The Hall–Kier alpha value is -3.72. The van der Waals surface area contributed by atoms with Gasteiger partial charge in [0.25, 0.3) is 0 Å². The molecule has 0 spiro atoms. The number of furan rings is 1. The minimum Gasteiger partial charge on any atom is -0.463 e. The second kappa shape index (κ2) is 7.84. The highest BCUT2D eigenvalue weighted by molar-refractivity contribution is 7.12. The molecule has 1 aliphatic heterocycles. The Morgan fingerprint density at radius 2 is 2.06 bits per heavy atom. The molecule has 5 rings (SSSR count). The summed E-state index contributed by atoms with van der Waals surface area (Å²) in [5.74, 6) is 0.483. The maximum atomic E-state index is 13.0. The van der Waals surface area contributed by atoms with Crippen LogP contribution >= 0.6 is 11.3 Å². The zero-order chi connectivity index (χ0) is 21.4. The predicted octanol–water partition coefficient (Wildman–Crippen LogP) is 3.89. The third-order valence-corrected chi connectivity index (χ3v) is 5.91. The Morgan fingerprint density at radius 3 is 2.84 bits per heavy atom. The van der Waals surface area contributed by atoms with Crippen molar-refractivity contribution in [1.82, 2.24) is 14.8 Å². The van der Waals surface area contributed by atoms with E-state index < -0.39 is 5.92 Å². The minimum absolute atomic E-state index is 0.0564. The molecule has 0 radical (unpaired) electrons. The fourth-order valence-corrected chi connectivity index (χ4v) is 4.38. The number of thiazole rings is 1. The average molecular weight is 433 g/mol. The third kappa shape index (κ3) is 3.75. The minimum atomic E-state index is -0.439. The molecular weight excluding hydrogens is 414 g/mol. The van der Waals surface area contributed by atoms with Crippen molar-refractivity contribution in [1.29, 1.82) is 0 Å². The van der Waals surface area contributed by atoms with Crippen molar-refractivity contribution < 1.29 is 14.0 Å². The van der Waals surface area contributed by atoms with Gasteiger partial charge in [0.05, 0.1) is 17.9 Å². The van der Waals surface area contributed by atoms with Crippen LogP contribution in [0.5, 0.6) is 0 Å². The highest BCUT2D eigenvalue weighted by Crippen LogP contribution is 2.28. The normalized spacial score (nSPS) is 16.1. The lowest BCUT2D eigenvalue weighted by molar-refractivity contribution is -0.122. The van der Waals surface area contributed by atoms with Crippen LogP contribution < -0.4 is 10.2 Å². The largest absolute Gasteiger partial charge is 0.463 e. The fourth-order valence-electron chi connectivity index (χ4n) is 3.60. The van der Waals surface area contributed by atoms with Crippen LogP contribution in [0.1, 0.15) is 12.1 Å². The second-order valence-corrected chi connectivity index (χ2v) is 8.14. The van der Waals surface area contributed by atoms with Gasteiger partial charge in [0.1, 0.15) is 11.5 Å². The van der Waals surface area contributed by atoms with Crippen LogP contribution in [0.4, 0.5) is 11.5 Å². The van der Waals surface area contributed by atoms with Crippen LogP contribution in [0.3, 0.4) is 0 Å². The molecule has 0 bridgehead atoms. The van der Waals surface area contributed by atoms with E-state index in [1.807, 2.05) is 48.7 Å². The van der Waals surface area contributed by atoms with Gasteiger partial charge in [-0.3, -0.25) is 9.59 Å². The summed E-state index contributed by atoms with van der Waals surface area (Å²) in [6.07, 6.45) is 1.77. The maximum Gasteiger partial charge on any atom is 0.230 e. The van der Waals surface area contributed by atoms with Crippen LogP contribution in [-0.2, 0) is 9.59 Å². The number of aromatic nitrogens is 3. The standard InChI is InChI=1S/C22H19N5O3S/c1-14-10-19(27(25-14)22-23-17(13-31-22)18-8-5-9-30-18)24-21(29)15-11-20(28)26(12-15)16-6-3-2-4-7-16/h2-10,13,15H,11-12H2,1H3,(H,24,29). The van der Waals surface area contributed by atoms with E-state index in [0.29, 0.717) is 28.9 Å². The number of anilines is 2. The molecule has 1 saturated heterocycles. The van der Waals surface area contributed by atoms with Gasteiger partial charge in [-0.15, -0.1) is 11.3 Å². The van der Waals surface area contributed by atoms with Crippen LogP contribution in [0.25, 0.3) is 16.6 Å². The first-order chi connectivity index (χ1) is 15.1. The molecule has 31 heavy (non-hydrogen) atoms. The van der Waals surface area contributed by atoms with Gasteiger partial charge in [-0.05, 0) is 31.2 Å². The molecule has 9 heteroatoms. The van der Waals surface area contributed by atoms with Gasteiger partial charge in [0.2, 0.25) is 16.9 Å². The first kappa shape index (κ1) is 19.3. The van der Waals surface area contributed by atoms with Crippen molar-refractivity contribution in [3.8, 4) is 16.6 Å². The molecule has 1 aromatic carbocycles. The topological polar surface area (TPSA) is 93.3 Å². The number of rotatable bonds is 5. The molecule has 4 heterocycles. The Bertz CT molecular complexity index is 1230. The van der Waals surface area contributed by atoms with Gasteiger partial charge < -0.3 is 14.6 Å². The van der Waals surface area contributed by atoms with Crippen LogP contribution in [0.15, 0.2) is 64.6 Å². The summed E-state index contributed by atoms with van der Waals surface area (Å²) in [5, 5.41) is 9.90. The van der Waals surface area contributed by atoms with Crippen molar-refractivity contribution in [2.75, 3.05) is 16.8 Å². The summed E-state index contributed by atoms with van der Waals surface area (Å²) in [6.45, 7) is 2.20. The molecule has 1 unspecified atom stereocenters. The van der Waals surface area contributed by atoms with Gasteiger partial charge >= 0.3 is 0 Å². The van der Waals surface area contributed by atoms with Crippen LogP contribution in [0, 0.1) is 12.8 Å². The molecule has 1 fully saturated rings. The molecule has 0 saturated carbocycles. The number of para-hydroxylation sites is 1. The number of amides is 2. The van der Waals surface area contributed by atoms with Crippen molar-refractivity contribution in [3.63, 3.8) is 0 Å². The summed E-state index contributed by atoms with van der Waals surface area (Å²) in [5.41, 5.74) is 2.26. The van der Waals surface area contributed by atoms with Crippen molar-refractivity contribution in [2.45, 2.75) is 13.3 Å². The number of nitrogens with one attached hydrogen (secondary N) is 1. The van der Waals surface area contributed by atoms with E-state index in [0.717, 1.165) is 11.4 Å². The third-order valence-electron chi connectivity index (χ3n) is 5.09. The highest BCUT2D eigenvalue weighted by Gasteiger charge is 2.35. The lowest BCUT2D eigenvalue weighted by atomic mass is 10.1. The summed E-state index contributed by atoms with van der Waals surface area (Å²) < 4.78 is 7.01. The zero-order valence-electron chi connectivity index (χ0n) is 16.7. The van der Waals surface area contributed by atoms with Crippen molar-refractivity contribution in [2.24, 2.45) is 5.92 Å². The number of nitrogens with zero attached hydrogens (tertiary/aromatic N) is 4. The Balaban J connectivity index is 1.34. The lowest BCUT2D eigenvalue weighted by Crippen LogP contribution is -2.28.